The van der Waals surface area contributed by atoms with Crippen molar-refractivity contribution >= 4 is 0 Å². The number of rotatable bonds is 2. The van der Waals surface area contributed by atoms with E-state index < -0.39 is 0 Å². The van der Waals surface area contributed by atoms with Crippen LogP contribution in [0.5, 0.6) is 0 Å². The first-order chi connectivity index (χ1) is 12.5. The first-order valence-corrected chi connectivity index (χ1v) is 7.27. The van der Waals surface area contributed by atoms with Gasteiger partial charge in [0.2, 0.25) is 0 Å². The predicted octanol–water partition coefficient (Wildman–Crippen LogP) is 1.37. The van der Waals surface area contributed by atoms with Crippen LogP contribution < -0.4 is 0 Å². The van der Waals surface area contributed by atoms with Crippen molar-refractivity contribution in [3.8, 4) is 47.3 Å². The van der Waals surface area contributed by atoms with E-state index in [-0.39, 0.29) is 22.8 Å². The molecule has 0 unspecified atom stereocenters. The Bertz CT molecular complexity index is 1110. The zero-order valence-corrected chi connectivity index (χ0v) is 13.8. The molecule has 3 aromatic rings. The molecule has 0 fully saturated rings. The molecule has 3 rings (SSSR count). The predicted molar refractivity (Wildman–Crippen MR) is 87.5 cm³/mol. The van der Waals surface area contributed by atoms with Gasteiger partial charge in [0.1, 0.15) is 35.7 Å². The first kappa shape index (κ1) is 16.4. The normalized spacial score (nSPS) is 9.77. The van der Waals surface area contributed by atoms with Crippen molar-refractivity contribution in [3.05, 3.63) is 41.0 Å². The highest BCUT2D eigenvalue weighted by Gasteiger charge is 2.19. The summed E-state index contributed by atoms with van der Waals surface area (Å²) >= 11 is 0. The van der Waals surface area contributed by atoms with Crippen molar-refractivity contribution in [1.29, 1.82) is 21.0 Å². The second kappa shape index (κ2) is 6.20. The Labute approximate surface area is 148 Å². The van der Waals surface area contributed by atoms with Crippen LogP contribution in [-0.4, -0.2) is 24.1 Å². The van der Waals surface area contributed by atoms with Crippen LogP contribution in [-0.2, 0) is 14.1 Å². The van der Waals surface area contributed by atoms with Crippen LogP contribution in [0.25, 0.3) is 23.0 Å². The second-order valence-corrected chi connectivity index (χ2v) is 5.24. The lowest BCUT2D eigenvalue weighted by molar-refractivity contribution is 0.891. The Morgan fingerprint density at radius 3 is 1.42 bits per heavy atom. The van der Waals surface area contributed by atoms with Crippen LogP contribution in [0.15, 0.2) is 18.2 Å². The number of imidazole rings is 2. The average molecular weight is 339 g/mol. The van der Waals surface area contributed by atoms with Crippen molar-refractivity contribution in [3.63, 3.8) is 0 Å². The molecule has 0 radical (unpaired) electrons. The lowest BCUT2D eigenvalue weighted by atomic mass is 10.2. The topological polar surface area (TPSA) is 144 Å². The summed E-state index contributed by atoms with van der Waals surface area (Å²) in [5.74, 6) is 0.713. The van der Waals surface area contributed by atoms with E-state index in [1.807, 2.05) is 24.3 Å². The van der Waals surface area contributed by atoms with Gasteiger partial charge in [0.15, 0.2) is 34.4 Å². The van der Waals surface area contributed by atoms with Gasteiger partial charge in [-0.25, -0.2) is 15.0 Å². The third-order valence-corrected chi connectivity index (χ3v) is 3.82. The van der Waals surface area contributed by atoms with Crippen molar-refractivity contribution < 1.29 is 0 Å². The minimum atomic E-state index is 0.0210. The van der Waals surface area contributed by atoms with E-state index in [0.29, 0.717) is 23.0 Å². The highest BCUT2D eigenvalue weighted by molar-refractivity contribution is 5.62. The number of hydrogen-bond donors (Lipinski definition) is 0. The summed E-state index contributed by atoms with van der Waals surface area (Å²) in [6.07, 6.45) is 0. The van der Waals surface area contributed by atoms with Crippen molar-refractivity contribution in [1.82, 2.24) is 24.1 Å². The summed E-state index contributed by atoms with van der Waals surface area (Å²) in [6.45, 7) is 0. The van der Waals surface area contributed by atoms with Gasteiger partial charge in [-0.05, 0) is 12.1 Å². The molecule has 3 aromatic heterocycles. The Morgan fingerprint density at radius 2 is 1.12 bits per heavy atom. The zero-order valence-electron chi connectivity index (χ0n) is 13.8. The van der Waals surface area contributed by atoms with E-state index in [0.717, 1.165) is 0 Å². The van der Waals surface area contributed by atoms with Gasteiger partial charge in [-0.3, -0.25) is 0 Å². The second-order valence-electron chi connectivity index (χ2n) is 5.24. The van der Waals surface area contributed by atoms with E-state index in [4.69, 9.17) is 10.5 Å². The van der Waals surface area contributed by atoms with E-state index in [9.17, 15) is 10.5 Å². The SMILES string of the molecule is Cn1c(-c2cccc(-c3nc(C#N)c(C#N)n3C)n2)nc(C#N)c1C#N. The van der Waals surface area contributed by atoms with Crippen LogP contribution in [0.1, 0.15) is 22.8 Å². The van der Waals surface area contributed by atoms with Gasteiger partial charge in [-0.15, -0.1) is 0 Å². The minimum absolute atomic E-state index is 0.0210. The Balaban J connectivity index is 2.19. The Kier molecular flexibility index (Phi) is 3.91. The van der Waals surface area contributed by atoms with Gasteiger partial charge in [-0.1, -0.05) is 6.07 Å². The van der Waals surface area contributed by atoms with Gasteiger partial charge in [0, 0.05) is 14.1 Å². The quantitative estimate of drug-likeness (QED) is 0.685. The third-order valence-electron chi connectivity index (χ3n) is 3.82. The molecule has 0 amide bonds. The molecule has 0 saturated carbocycles. The molecular formula is C17H9N9. The molecular weight excluding hydrogens is 330 g/mol. The Morgan fingerprint density at radius 1 is 0.692 bits per heavy atom. The number of nitriles is 4. The number of aromatic nitrogens is 5. The zero-order chi connectivity index (χ0) is 18.8. The smallest absolute Gasteiger partial charge is 0.177 e. The van der Waals surface area contributed by atoms with Crippen LogP contribution in [0, 0.1) is 45.3 Å². The van der Waals surface area contributed by atoms with E-state index in [2.05, 4.69) is 15.0 Å². The monoisotopic (exact) mass is 339 g/mol. The van der Waals surface area contributed by atoms with Crippen LogP contribution in [0.3, 0.4) is 0 Å². The summed E-state index contributed by atoms with van der Waals surface area (Å²) in [7, 11) is 3.25. The van der Waals surface area contributed by atoms with Gasteiger partial charge in [0.25, 0.3) is 0 Å². The lowest BCUT2D eigenvalue weighted by Gasteiger charge is -2.05. The summed E-state index contributed by atoms with van der Waals surface area (Å²) in [5.41, 5.74) is 1.20. The van der Waals surface area contributed by atoms with Gasteiger partial charge < -0.3 is 9.13 Å². The fourth-order valence-electron chi connectivity index (χ4n) is 2.55. The van der Waals surface area contributed by atoms with Crippen molar-refractivity contribution in [2.24, 2.45) is 14.1 Å². The summed E-state index contributed by atoms with van der Waals surface area (Å²) in [6, 6.07) is 12.8. The molecule has 0 saturated heterocycles. The van der Waals surface area contributed by atoms with Crippen LogP contribution >= 0.6 is 0 Å². The molecule has 122 valence electrons. The summed E-state index contributed by atoms with van der Waals surface area (Å²) < 4.78 is 2.98. The van der Waals surface area contributed by atoms with Gasteiger partial charge in [-0.2, -0.15) is 21.0 Å². The first-order valence-electron chi connectivity index (χ1n) is 7.27. The molecule has 0 spiro atoms. The maximum atomic E-state index is 9.19. The highest BCUT2D eigenvalue weighted by atomic mass is 15.1. The fraction of sp³-hybridized carbons (Fsp3) is 0.118. The largest absolute Gasteiger partial charge is 0.316 e. The Hall–Kier alpha value is -4.47. The maximum absolute atomic E-state index is 9.19. The summed E-state index contributed by atoms with van der Waals surface area (Å²) in [4.78, 5) is 12.8. The standard InChI is InChI=1S/C17H9N9/c1-25-14(8-20)12(6-18)23-16(25)10-4-3-5-11(22-10)17-24-13(7-19)15(9-21)26(17)2/h3-5H,1-2H3. The highest BCUT2D eigenvalue weighted by Crippen LogP contribution is 2.24. The van der Waals surface area contributed by atoms with Crippen molar-refractivity contribution in [2.45, 2.75) is 0 Å². The van der Waals surface area contributed by atoms with Crippen LogP contribution in [0.2, 0.25) is 0 Å². The summed E-state index contributed by atoms with van der Waals surface area (Å²) in [5, 5.41) is 36.6. The lowest BCUT2D eigenvalue weighted by Crippen LogP contribution is -2.00. The molecule has 26 heavy (non-hydrogen) atoms. The fourth-order valence-corrected chi connectivity index (χ4v) is 2.55. The van der Waals surface area contributed by atoms with E-state index in [1.54, 1.807) is 32.3 Å². The minimum Gasteiger partial charge on any atom is -0.316 e. The molecule has 0 aliphatic carbocycles. The van der Waals surface area contributed by atoms with E-state index >= 15 is 0 Å². The maximum Gasteiger partial charge on any atom is 0.177 e. The van der Waals surface area contributed by atoms with Crippen LogP contribution in [0.4, 0.5) is 0 Å². The van der Waals surface area contributed by atoms with Gasteiger partial charge >= 0.3 is 0 Å². The van der Waals surface area contributed by atoms with Gasteiger partial charge in [0.05, 0.1) is 0 Å². The van der Waals surface area contributed by atoms with Crippen molar-refractivity contribution in [2.75, 3.05) is 0 Å². The molecule has 0 N–H and O–H groups in total. The number of pyridine rings is 1. The molecule has 0 bridgehead atoms. The molecule has 0 aliphatic rings. The molecule has 0 aromatic carbocycles. The molecule has 3 heterocycles. The van der Waals surface area contributed by atoms with E-state index in [1.165, 1.54) is 9.13 Å². The number of nitrogens with zero attached hydrogens (tertiary/aromatic N) is 9. The average Bonchev–Trinajstić information content (AvgIpc) is 3.17. The molecule has 9 heteroatoms. The molecule has 9 nitrogen and oxygen atoms in total. The molecule has 0 aliphatic heterocycles. The molecule has 0 atom stereocenters. The number of hydrogen-bond acceptors (Lipinski definition) is 7. The third kappa shape index (κ3) is 2.34.